The van der Waals surface area contributed by atoms with E-state index in [1.165, 1.54) is 12.1 Å². The minimum atomic E-state index is -4.41. The van der Waals surface area contributed by atoms with Gasteiger partial charge in [0.1, 0.15) is 18.5 Å². The van der Waals surface area contributed by atoms with Crippen molar-refractivity contribution >= 4 is 29.1 Å². The third-order valence-electron chi connectivity index (χ3n) is 6.93. The van der Waals surface area contributed by atoms with Crippen LogP contribution in [0.15, 0.2) is 48.5 Å². The lowest BCUT2D eigenvalue weighted by Gasteiger charge is -2.35. The summed E-state index contributed by atoms with van der Waals surface area (Å²) < 4.78 is 45.4. The Balaban J connectivity index is 1.20. The SMILES string of the molecule is CC(C)Cc1cc(CNC(=O)CN2CCN(C[C@H](O)COc3ccc(C(F)(F)F)cc3)CC2)nn1-c1cc(Cl)cc(Cl)c1. The highest BCUT2D eigenvalue weighted by Gasteiger charge is 2.30. The maximum Gasteiger partial charge on any atom is 0.416 e. The van der Waals surface area contributed by atoms with Crippen LogP contribution in [0, 0.1) is 5.92 Å². The average Bonchev–Trinajstić information content (AvgIpc) is 3.33. The molecule has 2 heterocycles. The molecular formula is C30H36Cl2F3N5O3. The van der Waals surface area contributed by atoms with E-state index in [4.69, 9.17) is 33.0 Å². The van der Waals surface area contributed by atoms with Gasteiger partial charge < -0.3 is 15.2 Å². The van der Waals surface area contributed by atoms with Crippen LogP contribution in [0.5, 0.6) is 5.75 Å². The lowest BCUT2D eigenvalue weighted by atomic mass is 10.1. The van der Waals surface area contributed by atoms with Crippen LogP contribution in [0.4, 0.5) is 13.2 Å². The Morgan fingerprint density at radius 2 is 1.65 bits per heavy atom. The fraction of sp³-hybridized carbons (Fsp3) is 0.467. The van der Waals surface area contributed by atoms with Crippen molar-refractivity contribution in [3.8, 4) is 11.4 Å². The highest BCUT2D eigenvalue weighted by molar-refractivity contribution is 6.34. The van der Waals surface area contributed by atoms with Crippen molar-refractivity contribution < 1.29 is 27.8 Å². The summed E-state index contributed by atoms with van der Waals surface area (Å²) in [5.74, 6) is 0.558. The first-order chi connectivity index (χ1) is 20.4. The topological polar surface area (TPSA) is 82.9 Å². The second-order valence-electron chi connectivity index (χ2n) is 11.1. The van der Waals surface area contributed by atoms with E-state index in [2.05, 4.69) is 24.1 Å². The van der Waals surface area contributed by atoms with Gasteiger partial charge in [-0.3, -0.25) is 14.6 Å². The molecule has 0 unspecified atom stereocenters. The number of rotatable bonds is 12. The summed E-state index contributed by atoms with van der Waals surface area (Å²) in [6, 6.07) is 11.6. The molecule has 1 saturated heterocycles. The van der Waals surface area contributed by atoms with Gasteiger partial charge in [-0.1, -0.05) is 37.0 Å². The maximum atomic E-state index is 12.7. The number of benzene rings is 2. The van der Waals surface area contributed by atoms with Crippen LogP contribution < -0.4 is 10.1 Å². The summed E-state index contributed by atoms with van der Waals surface area (Å²) in [4.78, 5) is 16.8. The third kappa shape index (κ3) is 10.1. The monoisotopic (exact) mass is 641 g/mol. The zero-order valence-corrected chi connectivity index (χ0v) is 25.6. The van der Waals surface area contributed by atoms with E-state index < -0.39 is 17.8 Å². The lowest BCUT2D eigenvalue weighted by Crippen LogP contribution is -2.51. The molecule has 3 aromatic rings. The molecule has 1 aromatic heterocycles. The highest BCUT2D eigenvalue weighted by Crippen LogP contribution is 2.30. The van der Waals surface area contributed by atoms with Gasteiger partial charge in [0.05, 0.1) is 30.0 Å². The number of carbonyl (C=O) groups is 1. The van der Waals surface area contributed by atoms with Crippen LogP contribution in [0.2, 0.25) is 10.0 Å². The van der Waals surface area contributed by atoms with Gasteiger partial charge in [-0.2, -0.15) is 18.3 Å². The number of hydrogen-bond donors (Lipinski definition) is 2. The van der Waals surface area contributed by atoms with E-state index in [9.17, 15) is 23.1 Å². The molecule has 2 aromatic carbocycles. The molecule has 234 valence electrons. The summed E-state index contributed by atoms with van der Waals surface area (Å²) in [6.45, 7) is 7.75. The normalized spacial score (nSPS) is 15.6. The smallest absolute Gasteiger partial charge is 0.416 e. The first-order valence-electron chi connectivity index (χ1n) is 14.1. The largest absolute Gasteiger partial charge is 0.491 e. The van der Waals surface area contributed by atoms with Gasteiger partial charge in [0.2, 0.25) is 5.91 Å². The van der Waals surface area contributed by atoms with E-state index in [1.807, 2.05) is 15.6 Å². The van der Waals surface area contributed by atoms with Crippen LogP contribution >= 0.6 is 23.2 Å². The molecule has 0 spiro atoms. The van der Waals surface area contributed by atoms with Crippen molar-refractivity contribution in [1.82, 2.24) is 24.9 Å². The minimum Gasteiger partial charge on any atom is -0.491 e. The predicted octanol–water partition coefficient (Wildman–Crippen LogP) is 5.07. The Morgan fingerprint density at radius 3 is 2.26 bits per heavy atom. The first kappa shape index (κ1) is 33.1. The highest BCUT2D eigenvalue weighted by atomic mass is 35.5. The summed E-state index contributed by atoms with van der Waals surface area (Å²) in [7, 11) is 0. The van der Waals surface area contributed by atoms with E-state index in [0.29, 0.717) is 48.7 Å². The molecule has 1 fully saturated rings. The first-order valence-corrected chi connectivity index (χ1v) is 14.8. The Kier molecular flexibility index (Phi) is 11.4. The average molecular weight is 643 g/mol. The maximum absolute atomic E-state index is 12.7. The number of halogens is 5. The molecule has 0 bridgehead atoms. The molecule has 1 aliphatic rings. The van der Waals surface area contributed by atoms with Crippen molar-refractivity contribution in [3.63, 3.8) is 0 Å². The summed E-state index contributed by atoms with van der Waals surface area (Å²) >= 11 is 12.4. The molecule has 1 amide bonds. The number of ether oxygens (including phenoxy) is 1. The van der Waals surface area contributed by atoms with Gasteiger partial charge in [-0.05, 0) is 60.9 Å². The molecule has 0 aliphatic carbocycles. The molecule has 4 rings (SSSR count). The quantitative estimate of drug-likeness (QED) is 0.287. The van der Waals surface area contributed by atoms with Crippen LogP contribution in [0.25, 0.3) is 5.69 Å². The number of aliphatic hydroxyl groups is 1. The predicted molar refractivity (Wildman–Crippen MR) is 160 cm³/mol. The van der Waals surface area contributed by atoms with Gasteiger partial charge in [-0.15, -0.1) is 0 Å². The van der Waals surface area contributed by atoms with Crippen molar-refractivity contribution in [2.75, 3.05) is 45.9 Å². The zero-order valence-electron chi connectivity index (χ0n) is 24.1. The van der Waals surface area contributed by atoms with Crippen molar-refractivity contribution in [2.24, 2.45) is 5.92 Å². The Bertz CT molecular complexity index is 1340. The summed E-state index contributed by atoms with van der Waals surface area (Å²) in [6.07, 6.45) is -4.42. The Morgan fingerprint density at radius 1 is 1.02 bits per heavy atom. The summed E-state index contributed by atoms with van der Waals surface area (Å²) in [5, 5.41) is 19.1. The van der Waals surface area contributed by atoms with Crippen molar-refractivity contribution in [3.05, 3.63) is 75.5 Å². The number of piperazine rings is 1. The zero-order chi connectivity index (χ0) is 31.1. The fourth-order valence-electron chi connectivity index (χ4n) is 4.87. The van der Waals surface area contributed by atoms with Crippen LogP contribution in [-0.4, -0.2) is 82.6 Å². The van der Waals surface area contributed by atoms with Gasteiger partial charge in [0.25, 0.3) is 0 Å². The number of amides is 1. The summed E-state index contributed by atoms with van der Waals surface area (Å²) in [5.41, 5.74) is 1.75. The second-order valence-corrected chi connectivity index (χ2v) is 12.0. The third-order valence-corrected chi connectivity index (χ3v) is 7.37. The number of hydrogen-bond acceptors (Lipinski definition) is 6. The minimum absolute atomic E-state index is 0.0347. The molecule has 0 saturated carbocycles. The molecule has 2 N–H and O–H groups in total. The molecule has 43 heavy (non-hydrogen) atoms. The van der Waals surface area contributed by atoms with E-state index in [0.717, 1.165) is 35.6 Å². The Labute approximate surface area is 259 Å². The van der Waals surface area contributed by atoms with E-state index >= 15 is 0 Å². The van der Waals surface area contributed by atoms with Crippen LogP contribution in [-0.2, 0) is 23.9 Å². The van der Waals surface area contributed by atoms with Gasteiger partial charge in [0.15, 0.2) is 0 Å². The van der Waals surface area contributed by atoms with E-state index in [-0.39, 0.29) is 31.4 Å². The van der Waals surface area contributed by atoms with E-state index in [1.54, 1.807) is 18.2 Å². The number of aromatic nitrogens is 2. The van der Waals surface area contributed by atoms with Crippen molar-refractivity contribution in [2.45, 2.75) is 39.1 Å². The fourth-order valence-corrected chi connectivity index (χ4v) is 5.39. The number of alkyl halides is 3. The number of aliphatic hydroxyl groups excluding tert-OH is 1. The van der Waals surface area contributed by atoms with Gasteiger partial charge in [-0.25, -0.2) is 4.68 Å². The molecule has 0 radical (unpaired) electrons. The van der Waals surface area contributed by atoms with Crippen LogP contribution in [0.1, 0.15) is 30.8 Å². The second kappa shape index (κ2) is 14.8. The molecule has 1 atom stereocenters. The number of nitrogens with zero attached hydrogens (tertiary/aromatic N) is 4. The van der Waals surface area contributed by atoms with Crippen LogP contribution in [0.3, 0.4) is 0 Å². The molecule has 1 aliphatic heterocycles. The van der Waals surface area contributed by atoms with Gasteiger partial charge in [0, 0.05) is 48.5 Å². The molecule has 8 nitrogen and oxygen atoms in total. The van der Waals surface area contributed by atoms with Crippen molar-refractivity contribution in [1.29, 1.82) is 0 Å². The molecule has 13 heteroatoms. The molecular weight excluding hydrogens is 606 g/mol. The number of nitrogens with one attached hydrogen (secondary N) is 1. The van der Waals surface area contributed by atoms with Gasteiger partial charge >= 0.3 is 6.18 Å². The Hall–Kier alpha value is -2.83. The number of β-amino-alcohol motifs (C(OH)–C–C–N with tert-alkyl or cyclic N) is 1. The number of carbonyl (C=O) groups excluding carboxylic acids is 1. The standard InChI is InChI=1S/C30H36Cl2F3N5O3/c1-20(2)11-25-15-24(37-40(25)26-13-22(31)12-23(32)14-26)16-36-29(42)18-39-9-7-38(8-10-39)17-27(41)19-43-28-5-3-21(4-6-28)30(33,34)35/h3-6,12-15,20,27,41H,7-11,16-19H2,1-2H3,(H,36,42)/t27-/m0/s1. The lowest BCUT2D eigenvalue weighted by molar-refractivity contribution is -0.137.